The van der Waals surface area contributed by atoms with Gasteiger partial charge in [0.15, 0.2) is 0 Å². The standard InChI is InChI=1S/C13H15FO/c1-9-4-6-12(7-5-9)11(3)13(14)8-10(2)15/h4,6,8,15H,2-3,5,7H2,1H3/b13-8+. The molecule has 0 aliphatic heterocycles. The molecule has 0 amide bonds. The molecule has 0 fully saturated rings. The molecule has 0 aromatic rings. The maximum atomic E-state index is 13.4. The molecular formula is C13H15FO. The molecule has 1 aliphatic carbocycles. The predicted molar refractivity (Wildman–Crippen MR) is 61.2 cm³/mol. The molecule has 0 bridgehead atoms. The molecule has 0 aromatic heterocycles. The van der Waals surface area contributed by atoms with Crippen LogP contribution in [0.4, 0.5) is 4.39 Å². The van der Waals surface area contributed by atoms with Crippen molar-refractivity contribution in [2.45, 2.75) is 19.8 Å². The van der Waals surface area contributed by atoms with Crippen molar-refractivity contribution in [3.8, 4) is 0 Å². The van der Waals surface area contributed by atoms with Crippen molar-refractivity contribution in [1.29, 1.82) is 0 Å². The number of halogens is 1. The molecule has 0 saturated heterocycles. The molecule has 0 aromatic carbocycles. The van der Waals surface area contributed by atoms with Gasteiger partial charge in [-0.2, -0.15) is 0 Å². The molecular weight excluding hydrogens is 191 g/mol. The van der Waals surface area contributed by atoms with Crippen LogP contribution in [0.25, 0.3) is 0 Å². The molecule has 15 heavy (non-hydrogen) atoms. The first-order chi connectivity index (χ1) is 7.00. The van der Waals surface area contributed by atoms with E-state index in [-0.39, 0.29) is 5.76 Å². The van der Waals surface area contributed by atoms with Gasteiger partial charge in [-0.1, -0.05) is 30.9 Å². The normalized spacial score (nSPS) is 16.8. The summed E-state index contributed by atoms with van der Waals surface area (Å²) in [6.45, 7) is 8.90. The van der Waals surface area contributed by atoms with E-state index in [1.165, 1.54) is 5.57 Å². The molecule has 1 rings (SSSR count). The Morgan fingerprint density at radius 2 is 2.07 bits per heavy atom. The van der Waals surface area contributed by atoms with Crippen molar-refractivity contribution in [1.82, 2.24) is 0 Å². The lowest BCUT2D eigenvalue weighted by atomic mass is 9.94. The van der Waals surface area contributed by atoms with Gasteiger partial charge in [0.25, 0.3) is 0 Å². The Labute approximate surface area is 89.6 Å². The van der Waals surface area contributed by atoms with Gasteiger partial charge in [0, 0.05) is 11.6 Å². The summed E-state index contributed by atoms with van der Waals surface area (Å²) >= 11 is 0. The molecule has 1 N–H and O–H groups in total. The largest absolute Gasteiger partial charge is 0.508 e. The third kappa shape index (κ3) is 3.24. The van der Waals surface area contributed by atoms with Crippen molar-refractivity contribution in [2.24, 2.45) is 0 Å². The first-order valence-corrected chi connectivity index (χ1v) is 4.81. The average Bonchev–Trinajstić information content (AvgIpc) is 2.17. The number of hydrogen-bond donors (Lipinski definition) is 1. The molecule has 0 heterocycles. The summed E-state index contributed by atoms with van der Waals surface area (Å²) in [6.07, 6.45) is 6.53. The Hall–Kier alpha value is -1.57. The van der Waals surface area contributed by atoms with Crippen LogP contribution in [0, 0.1) is 0 Å². The lowest BCUT2D eigenvalue weighted by Crippen LogP contribution is -1.95. The van der Waals surface area contributed by atoms with Gasteiger partial charge in [-0.15, -0.1) is 0 Å². The summed E-state index contributed by atoms with van der Waals surface area (Å²) in [5.41, 5.74) is 2.48. The minimum atomic E-state index is -0.526. The van der Waals surface area contributed by atoms with Gasteiger partial charge in [0.1, 0.15) is 11.6 Å². The Morgan fingerprint density at radius 1 is 1.40 bits per heavy atom. The molecule has 80 valence electrons. The third-order valence-corrected chi connectivity index (χ3v) is 2.33. The van der Waals surface area contributed by atoms with E-state index in [4.69, 9.17) is 5.11 Å². The van der Waals surface area contributed by atoms with Gasteiger partial charge < -0.3 is 5.11 Å². The second-order valence-electron chi connectivity index (χ2n) is 3.67. The fraction of sp³-hybridized carbons (Fsp3) is 0.231. The molecule has 0 unspecified atom stereocenters. The molecule has 1 nitrogen and oxygen atoms in total. The van der Waals surface area contributed by atoms with Gasteiger partial charge in [0.2, 0.25) is 0 Å². The fourth-order valence-electron chi connectivity index (χ4n) is 1.38. The summed E-state index contributed by atoms with van der Waals surface area (Å²) in [5, 5.41) is 8.83. The quantitative estimate of drug-likeness (QED) is 0.543. The highest BCUT2D eigenvalue weighted by atomic mass is 19.1. The minimum Gasteiger partial charge on any atom is -0.508 e. The van der Waals surface area contributed by atoms with Gasteiger partial charge in [-0.05, 0) is 25.3 Å². The van der Waals surface area contributed by atoms with Crippen molar-refractivity contribution in [3.63, 3.8) is 0 Å². The highest BCUT2D eigenvalue weighted by molar-refractivity contribution is 5.46. The number of hydrogen-bond acceptors (Lipinski definition) is 1. The Kier molecular flexibility index (Phi) is 3.67. The van der Waals surface area contributed by atoms with Crippen LogP contribution in [-0.2, 0) is 0 Å². The zero-order valence-corrected chi connectivity index (χ0v) is 8.89. The van der Waals surface area contributed by atoms with E-state index < -0.39 is 5.83 Å². The van der Waals surface area contributed by atoms with Crippen LogP contribution >= 0.6 is 0 Å². The lowest BCUT2D eigenvalue weighted by molar-refractivity contribution is 0.431. The predicted octanol–water partition coefficient (Wildman–Crippen LogP) is 4.13. The summed E-state index contributed by atoms with van der Waals surface area (Å²) < 4.78 is 13.4. The van der Waals surface area contributed by atoms with E-state index in [0.717, 1.165) is 24.5 Å². The van der Waals surface area contributed by atoms with Crippen LogP contribution in [0.1, 0.15) is 19.8 Å². The lowest BCUT2D eigenvalue weighted by Gasteiger charge is -2.13. The van der Waals surface area contributed by atoms with E-state index in [9.17, 15) is 4.39 Å². The van der Waals surface area contributed by atoms with E-state index >= 15 is 0 Å². The molecule has 0 spiro atoms. The van der Waals surface area contributed by atoms with Crippen molar-refractivity contribution < 1.29 is 9.50 Å². The molecule has 2 heteroatoms. The van der Waals surface area contributed by atoms with E-state index in [1.807, 2.05) is 19.1 Å². The first-order valence-electron chi connectivity index (χ1n) is 4.81. The maximum absolute atomic E-state index is 13.4. The van der Waals surface area contributed by atoms with Crippen molar-refractivity contribution >= 4 is 0 Å². The second kappa shape index (κ2) is 4.78. The molecule has 1 aliphatic rings. The van der Waals surface area contributed by atoms with E-state index in [1.54, 1.807) is 0 Å². The topological polar surface area (TPSA) is 20.2 Å². The van der Waals surface area contributed by atoms with Crippen LogP contribution in [0.15, 0.2) is 59.7 Å². The SMILES string of the molecule is C=C(O)/C=C(/F)C(=C)C1=CC=C(C)CC1. The zero-order chi connectivity index (χ0) is 11.4. The Balaban J connectivity index is 2.82. The number of rotatable bonds is 3. The maximum Gasteiger partial charge on any atom is 0.133 e. The second-order valence-corrected chi connectivity index (χ2v) is 3.67. The van der Waals surface area contributed by atoms with Crippen LogP contribution in [0.3, 0.4) is 0 Å². The fourth-order valence-corrected chi connectivity index (χ4v) is 1.38. The van der Waals surface area contributed by atoms with Gasteiger partial charge >= 0.3 is 0 Å². The number of aliphatic hydroxyl groups is 1. The summed E-state index contributed by atoms with van der Waals surface area (Å²) in [7, 11) is 0. The number of aliphatic hydroxyl groups excluding tert-OH is 1. The third-order valence-electron chi connectivity index (χ3n) is 2.33. The van der Waals surface area contributed by atoms with Crippen molar-refractivity contribution in [3.05, 3.63) is 59.7 Å². The average molecular weight is 206 g/mol. The van der Waals surface area contributed by atoms with Gasteiger partial charge in [-0.25, -0.2) is 4.39 Å². The Morgan fingerprint density at radius 3 is 2.53 bits per heavy atom. The van der Waals surface area contributed by atoms with E-state index in [0.29, 0.717) is 5.57 Å². The summed E-state index contributed by atoms with van der Waals surface area (Å²) in [6, 6.07) is 0. The minimum absolute atomic E-state index is 0.295. The van der Waals surface area contributed by atoms with Crippen LogP contribution < -0.4 is 0 Å². The molecule has 0 saturated carbocycles. The van der Waals surface area contributed by atoms with Crippen LogP contribution in [0.2, 0.25) is 0 Å². The van der Waals surface area contributed by atoms with Crippen molar-refractivity contribution in [2.75, 3.05) is 0 Å². The monoisotopic (exact) mass is 206 g/mol. The van der Waals surface area contributed by atoms with Crippen LogP contribution in [0.5, 0.6) is 0 Å². The van der Waals surface area contributed by atoms with Gasteiger partial charge in [0.05, 0.1) is 0 Å². The van der Waals surface area contributed by atoms with Crippen LogP contribution in [-0.4, -0.2) is 5.11 Å². The van der Waals surface area contributed by atoms with E-state index in [2.05, 4.69) is 13.2 Å². The highest BCUT2D eigenvalue weighted by Gasteiger charge is 2.10. The Bertz CT molecular complexity index is 383. The summed E-state index contributed by atoms with van der Waals surface area (Å²) in [4.78, 5) is 0. The highest BCUT2D eigenvalue weighted by Crippen LogP contribution is 2.27. The molecule has 0 radical (unpaired) electrons. The van der Waals surface area contributed by atoms with Gasteiger partial charge in [-0.3, -0.25) is 0 Å². The number of allylic oxidation sites excluding steroid dienone is 7. The zero-order valence-electron chi connectivity index (χ0n) is 8.89. The smallest absolute Gasteiger partial charge is 0.133 e. The first kappa shape index (κ1) is 11.5. The molecule has 0 atom stereocenters. The summed E-state index contributed by atoms with van der Waals surface area (Å²) in [5.74, 6) is -0.821.